The molecule has 1 rings (SSSR count). The monoisotopic (exact) mass is 343 g/mol. The largest absolute Gasteiger partial charge is 0.361 e. The van der Waals surface area contributed by atoms with E-state index in [1.807, 2.05) is 5.06 Å². The van der Waals surface area contributed by atoms with Gasteiger partial charge in [0.1, 0.15) is 0 Å². The van der Waals surface area contributed by atoms with Crippen LogP contribution in [0.15, 0.2) is 0 Å². The van der Waals surface area contributed by atoms with Crippen LogP contribution in [-0.4, -0.2) is 36.4 Å². The number of nitrogens with zero attached hydrogens (tertiary/aromatic N) is 1. The fourth-order valence-corrected chi connectivity index (χ4v) is 3.41. The predicted octanol–water partition coefficient (Wildman–Crippen LogP) is 3.99. The average Bonchev–Trinajstić information content (AvgIpc) is 2.57. The lowest BCUT2D eigenvalue weighted by molar-refractivity contribution is -0.117. The first-order chi connectivity index (χ1) is 11.3. The van der Waals surface area contributed by atoms with Gasteiger partial charge in [-0.25, -0.2) is 5.06 Å². The molecule has 1 fully saturated rings. The minimum absolute atomic E-state index is 0.715. The second kappa shape index (κ2) is 14.0. The summed E-state index contributed by atoms with van der Waals surface area (Å²) in [6, 6.07) is 0. The molecule has 0 atom stereocenters. The van der Waals surface area contributed by atoms with Crippen molar-refractivity contribution in [2.45, 2.75) is 77.6 Å². The first-order valence-electron chi connectivity index (χ1n) is 9.66. The molecule has 23 heavy (non-hydrogen) atoms. The molecule has 0 bridgehead atoms. The van der Waals surface area contributed by atoms with E-state index in [-0.39, 0.29) is 0 Å². The lowest BCUT2D eigenvalue weighted by atomic mass is 9.90. The van der Waals surface area contributed by atoms with Crippen LogP contribution >= 0.6 is 12.2 Å². The molecule has 0 aromatic carbocycles. The Morgan fingerprint density at radius 1 is 1.09 bits per heavy atom. The Hall–Kier alpha value is -0.390. The molecule has 0 heterocycles. The zero-order chi connectivity index (χ0) is 16.8. The first-order valence-corrected chi connectivity index (χ1v) is 10.1. The van der Waals surface area contributed by atoms with Crippen LogP contribution in [0.1, 0.15) is 77.6 Å². The van der Waals surface area contributed by atoms with Crippen LogP contribution in [0, 0.1) is 5.92 Å². The molecule has 136 valence electrons. The third kappa shape index (κ3) is 10.2. The summed E-state index contributed by atoms with van der Waals surface area (Å²) >= 11 is 5.45. The second-order valence-electron chi connectivity index (χ2n) is 6.65. The van der Waals surface area contributed by atoms with Gasteiger partial charge in [-0.3, -0.25) is 4.84 Å². The third-order valence-corrected chi connectivity index (χ3v) is 4.91. The lowest BCUT2D eigenvalue weighted by Crippen LogP contribution is -2.41. The maximum absolute atomic E-state index is 6.05. The highest BCUT2D eigenvalue weighted by molar-refractivity contribution is 7.80. The van der Waals surface area contributed by atoms with E-state index in [1.165, 1.54) is 57.8 Å². The van der Waals surface area contributed by atoms with Gasteiger partial charge in [0.2, 0.25) is 0 Å². The molecule has 5 heteroatoms. The van der Waals surface area contributed by atoms with Gasteiger partial charge in [0.15, 0.2) is 5.11 Å². The van der Waals surface area contributed by atoms with Gasteiger partial charge < -0.3 is 11.1 Å². The van der Waals surface area contributed by atoms with Crippen LogP contribution in [0.4, 0.5) is 0 Å². The molecular formula is C18H37N3OS. The van der Waals surface area contributed by atoms with Gasteiger partial charge in [-0.2, -0.15) is 0 Å². The van der Waals surface area contributed by atoms with Crippen molar-refractivity contribution >= 4 is 17.3 Å². The topological polar surface area (TPSA) is 50.5 Å². The van der Waals surface area contributed by atoms with E-state index in [1.54, 1.807) is 0 Å². The molecular weight excluding hydrogens is 306 g/mol. The Kier molecular flexibility index (Phi) is 12.6. The molecule has 0 amide bonds. The molecule has 0 unspecified atom stereocenters. The number of hydrogen-bond acceptors (Lipinski definition) is 3. The van der Waals surface area contributed by atoms with Gasteiger partial charge in [-0.05, 0) is 57.3 Å². The summed E-state index contributed by atoms with van der Waals surface area (Å²) < 4.78 is 0. The SMILES string of the molecule is CCNC(=S)N(CCCCCCCCN)OCC1CCCCC1. The maximum atomic E-state index is 6.05. The molecule has 0 saturated heterocycles. The number of hydroxylamine groups is 2. The van der Waals surface area contributed by atoms with Crippen LogP contribution in [-0.2, 0) is 4.84 Å². The van der Waals surface area contributed by atoms with Crippen LogP contribution in [0.2, 0.25) is 0 Å². The third-order valence-electron chi connectivity index (χ3n) is 4.56. The molecule has 4 nitrogen and oxygen atoms in total. The summed E-state index contributed by atoms with van der Waals surface area (Å²) in [6.07, 6.45) is 14.1. The molecule has 1 saturated carbocycles. The predicted molar refractivity (Wildman–Crippen MR) is 102 cm³/mol. The van der Waals surface area contributed by atoms with Crippen molar-refractivity contribution in [3.8, 4) is 0 Å². The highest BCUT2D eigenvalue weighted by Crippen LogP contribution is 2.24. The van der Waals surface area contributed by atoms with E-state index in [4.69, 9.17) is 22.8 Å². The summed E-state index contributed by atoms with van der Waals surface area (Å²) in [4.78, 5) is 6.05. The Labute approximate surface area is 148 Å². The van der Waals surface area contributed by atoms with Crippen LogP contribution in [0.5, 0.6) is 0 Å². The number of nitrogens with one attached hydrogen (secondary N) is 1. The molecule has 0 radical (unpaired) electrons. The quantitative estimate of drug-likeness (QED) is 0.319. The van der Waals surface area contributed by atoms with E-state index in [0.717, 1.165) is 44.2 Å². The van der Waals surface area contributed by atoms with Gasteiger partial charge in [-0.15, -0.1) is 0 Å². The number of rotatable bonds is 12. The molecule has 0 aromatic rings. The molecule has 0 spiro atoms. The van der Waals surface area contributed by atoms with E-state index in [2.05, 4.69) is 12.2 Å². The number of hydrogen-bond donors (Lipinski definition) is 2. The van der Waals surface area contributed by atoms with Crippen LogP contribution in [0.25, 0.3) is 0 Å². The van der Waals surface area contributed by atoms with Crippen LogP contribution in [0.3, 0.4) is 0 Å². The minimum Gasteiger partial charge on any atom is -0.361 e. The summed E-state index contributed by atoms with van der Waals surface area (Å²) in [7, 11) is 0. The maximum Gasteiger partial charge on any atom is 0.193 e. The van der Waals surface area contributed by atoms with E-state index >= 15 is 0 Å². The smallest absolute Gasteiger partial charge is 0.193 e. The average molecular weight is 344 g/mol. The minimum atomic E-state index is 0.715. The summed E-state index contributed by atoms with van der Waals surface area (Å²) in [5.41, 5.74) is 5.52. The van der Waals surface area contributed by atoms with Crippen molar-refractivity contribution in [1.82, 2.24) is 10.4 Å². The fourth-order valence-electron chi connectivity index (χ4n) is 3.12. The van der Waals surface area contributed by atoms with E-state index in [0.29, 0.717) is 5.92 Å². The number of thiocarbonyl (C=S) groups is 1. The van der Waals surface area contributed by atoms with Crippen LogP contribution < -0.4 is 11.1 Å². The molecule has 1 aliphatic carbocycles. The van der Waals surface area contributed by atoms with Crippen molar-refractivity contribution in [2.75, 3.05) is 26.2 Å². The zero-order valence-electron chi connectivity index (χ0n) is 15.0. The highest BCUT2D eigenvalue weighted by atomic mass is 32.1. The van der Waals surface area contributed by atoms with Gasteiger partial charge in [0.25, 0.3) is 0 Å². The van der Waals surface area contributed by atoms with Gasteiger partial charge in [0, 0.05) is 13.1 Å². The van der Waals surface area contributed by atoms with Gasteiger partial charge in [-0.1, -0.05) is 44.9 Å². The summed E-state index contributed by atoms with van der Waals surface area (Å²) in [6.45, 7) is 5.46. The Balaban J connectivity index is 2.21. The number of unbranched alkanes of at least 4 members (excludes halogenated alkanes) is 5. The fraction of sp³-hybridized carbons (Fsp3) is 0.944. The van der Waals surface area contributed by atoms with Crippen molar-refractivity contribution < 1.29 is 4.84 Å². The van der Waals surface area contributed by atoms with Crippen molar-refractivity contribution in [1.29, 1.82) is 0 Å². The standard InChI is InChI=1S/C18H37N3OS/c1-2-20-18(23)21(15-11-6-4-3-5-10-14-19)22-16-17-12-8-7-9-13-17/h17H,2-16,19H2,1H3,(H,20,23). The Morgan fingerprint density at radius 3 is 2.39 bits per heavy atom. The van der Waals surface area contributed by atoms with Crippen molar-refractivity contribution in [3.63, 3.8) is 0 Å². The molecule has 3 N–H and O–H groups in total. The highest BCUT2D eigenvalue weighted by Gasteiger charge is 2.17. The van der Waals surface area contributed by atoms with Crippen molar-refractivity contribution in [3.05, 3.63) is 0 Å². The molecule has 1 aliphatic rings. The second-order valence-corrected chi connectivity index (χ2v) is 7.03. The summed E-state index contributed by atoms with van der Waals surface area (Å²) in [5.74, 6) is 0.715. The first kappa shape index (κ1) is 20.7. The zero-order valence-corrected chi connectivity index (χ0v) is 15.8. The normalized spacial score (nSPS) is 15.6. The summed E-state index contributed by atoms with van der Waals surface area (Å²) in [5, 5.41) is 5.89. The van der Waals surface area contributed by atoms with Gasteiger partial charge in [0.05, 0.1) is 6.61 Å². The van der Waals surface area contributed by atoms with E-state index in [9.17, 15) is 0 Å². The van der Waals surface area contributed by atoms with E-state index < -0.39 is 0 Å². The number of nitrogens with two attached hydrogens (primary N) is 1. The lowest BCUT2D eigenvalue weighted by Gasteiger charge is -2.28. The molecule has 0 aliphatic heterocycles. The van der Waals surface area contributed by atoms with Crippen molar-refractivity contribution in [2.24, 2.45) is 11.7 Å². The molecule has 0 aromatic heterocycles. The van der Waals surface area contributed by atoms with Gasteiger partial charge >= 0.3 is 0 Å². The Bertz CT molecular complexity index is 296. The Morgan fingerprint density at radius 2 is 1.74 bits per heavy atom.